The maximum absolute atomic E-state index is 12.0. The minimum atomic E-state index is -1.06. The third-order valence-electron chi connectivity index (χ3n) is 3.24. The topological polar surface area (TPSA) is 97.5 Å². The highest BCUT2D eigenvalue weighted by molar-refractivity contribution is 6.10. The molecule has 3 N–H and O–H groups in total. The Hall–Kier alpha value is -2.01. The Morgan fingerprint density at radius 2 is 1.75 bits per heavy atom. The number of nitrogens with two attached hydrogens (primary N) is 1. The van der Waals surface area contributed by atoms with E-state index in [4.69, 9.17) is 10.8 Å². The molecule has 5 heteroatoms. The molecule has 0 saturated carbocycles. The second kappa shape index (κ2) is 6.96. The van der Waals surface area contributed by atoms with Gasteiger partial charge in [0.15, 0.2) is 5.78 Å². The second-order valence-electron chi connectivity index (χ2n) is 4.75. The summed E-state index contributed by atoms with van der Waals surface area (Å²) in [5, 5.41) is 8.73. The number of carboxylic acids is 1. The van der Waals surface area contributed by atoms with Gasteiger partial charge in [-0.2, -0.15) is 0 Å². The van der Waals surface area contributed by atoms with Crippen molar-refractivity contribution < 1.29 is 19.5 Å². The zero-order valence-electron chi connectivity index (χ0n) is 11.6. The molecular formula is C15H19NO4. The molecule has 0 aromatic heterocycles. The van der Waals surface area contributed by atoms with Gasteiger partial charge in [0.2, 0.25) is 0 Å². The van der Waals surface area contributed by atoms with E-state index in [0.717, 1.165) is 5.56 Å². The first-order valence-corrected chi connectivity index (χ1v) is 6.51. The molecule has 0 heterocycles. The molecule has 0 saturated heterocycles. The predicted octanol–water partition coefficient (Wildman–Crippen LogP) is 1.44. The van der Waals surface area contributed by atoms with Gasteiger partial charge in [-0.25, -0.2) is 0 Å². The third-order valence-corrected chi connectivity index (χ3v) is 3.24. The number of carbonyl (C=O) groups is 3. The standard InChI is InChI=1S/C15H19NO4/c1-3-13(17)9(2)14(18)11-6-4-10(5-7-11)8-12(16)15(19)20/h4-7,9,12H,3,8,16H2,1-2H3,(H,19,20). The molecule has 5 nitrogen and oxygen atoms in total. The van der Waals surface area contributed by atoms with E-state index in [1.54, 1.807) is 38.1 Å². The van der Waals surface area contributed by atoms with Crippen LogP contribution in [0.25, 0.3) is 0 Å². The van der Waals surface area contributed by atoms with Gasteiger partial charge in [0.05, 0.1) is 5.92 Å². The summed E-state index contributed by atoms with van der Waals surface area (Å²) < 4.78 is 0. The molecule has 0 spiro atoms. The SMILES string of the molecule is CCC(=O)C(C)C(=O)c1ccc(CC(N)C(=O)O)cc1. The summed E-state index contributed by atoms with van der Waals surface area (Å²) in [5.41, 5.74) is 6.63. The van der Waals surface area contributed by atoms with E-state index in [1.807, 2.05) is 0 Å². The molecule has 2 atom stereocenters. The van der Waals surface area contributed by atoms with Crippen LogP contribution in [0.1, 0.15) is 36.2 Å². The molecule has 1 aromatic rings. The molecule has 108 valence electrons. The van der Waals surface area contributed by atoms with Crippen molar-refractivity contribution in [3.63, 3.8) is 0 Å². The largest absolute Gasteiger partial charge is 0.480 e. The number of hydrogen-bond acceptors (Lipinski definition) is 4. The lowest BCUT2D eigenvalue weighted by atomic mass is 9.93. The molecule has 0 aliphatic heterocycles. The summed E-state index contributed by atoms with van der Waals surface area (Å²) in [6, 6.07) is 5.58. The summed E-state index contributed by atoms with van der Waals surface area (Å²) in [5.74, 6) is -2.02. The van der Waals surface area contributed by atoms with Crippen LogP contribution in [0, 0.1) is 5.92 Å². The molecule has 0 amide bonds. The van der Waals surface area contributed by atoms with E-state index in [0.29, 0.717) is 12.0 Å². The monoisotopic (exact) mass is 277 g/mol. The molecule has 2 unspecified atom stereocenters. The van der Waals surface area contributed by atoms with Crippen molar-refractivity contribution in [2.24, 2.45) is 11.7 Å². The Kier molecular flexibility index (Phi) is 5.58. The summed E-state index contributed by atoms with van der Waals surface area (Å²) in [4.78, 5) is 34.2. The van der Waals surface area contributed by atoms with Gasteiger partial charge in [-0.1, -0.05) is 31.2 Å². The highest BCUT2D eigenvalue weighted by atomic mass is 16.4. The Labute approximate surface area is 117 Å². The van der Waals surface area contributed by atoms with Crippen molar-refractivity contribution in [1.29, 1.82) is 0 Å². The number of rotatable bonds is 7. The molecular weight excluding hydrogens is 258 g/mol. The molecule has 0 aliphatic rings. The van der Waals surface area contributed by atoms with Crippen LogP contribution in [0.15, 0.2) is 24.3 Å². The Morgan fingerprint density at radius 3 is 2.20 bits per heavy atom. The highest BCUT2D eigenvalue weighted by Crippen LogP contribution is 2.13. The van der Waals surface area contributed by atoms with Crippen LogP contribution < -0.4 is 5.73 Å². The van der Waals surface area contributed by atoms with Crippen molar-refractivity contribution in [1.82, 2.24) is 0 Å². The lowest BCUT2D eigenvalue weighted by Gasteiger charge is -2.10. The first-order valence-electron chi connectivity index (χ1n) is 6.51. The van der Waals surface area contributed by atoms with Crippen molar-refractivity contribution in [3.05, 3.63) is 35.4 Å². The lowest BCUT2D eigenvalue weighted by molar-refractivity contribution is -0.138. The van der Waals surface area contributed by atoms with Crippen LogP contribution in [-0.4, -0.2) is 28.7 Å². The van der Waals surface area contributed by atoms with Gasteiger partial charge in [-0.15, -0.1) is 0 Å². The van der Waals surface area contributed by atoms with Crippen LogP contribution in [0.5, 0.6) is 0 Å². The molecule has 1 rings (SSSR count). The quantitative estimate of drug-likeness (QED) is 0.580. The number of Topliss-reactive ketones (excluding diaryl/α,β-unsaturated/α-hetero) is 2. The van der Waals surface area contributed by atoms with Crippen LogP contribution in [0.3, 0.4) is 0 Å². The number of benzene rings is 1. The molecule has 0 bridgehead atoms. The normalized spacial score (nSPS) is 13.6. The zero-order chi connectivity index (χ0) is 15.3. The van der Waals surface area contributed by atoms with Gasteiger partial charge in [0.1, 0.15) is 11.8 Å². The first kappa shape index (κ1) is 16.0. The van der Waals surface area contributed by atoms with Crippen molar-refractivity contribution in [2.45, 2.75) is 32.7 Å². The number of hydrogen-bond donors (Lipinski definition) is 2. The average Bonchev–Trinajstić information content (AvgIpc) is 2.45. The average molecular weight is 277 g/mol. The van der Waals surface area contributed by atoms with Gasteiger partial charge in [0.25, 0.3) is 0 Å². The Morgan fingerprint density at radius 1 is 1.20 bits per heavy atom. The van der Waals surface area contributed by atoms with Gasteiger partial charge < -0.3 is 10.8 Å². The van der Waals surface area contributed by atoms with E-state index in [-0.39, 0.29) is 18.0 Å². The van der Waals surface area contributed by atoms with E-state index >= 15 is 0 Å². The number of carbonyl (C=O) groups excluding carboxylic acids is 2. The predicted molar refractivity (Wildman–Crippen MR) is 74.5 cm³/mol. The number of carboxylic acid groups (broad SMARTS) is 1. The second-order valence-corrected chi connectivity index (χ2v) is 4.75. The fourth-order valence-corrected chi connectivity index (χ4v) is 1.85. The highest BCUT2D eigenvalue weighted by Gasteiger charge is 2.21. The van der Waals surface area contributed by atoms with E-state index < -0.39 is 17.9 Å². The lowest BCUT2D eigenvalue weighted by Crippen LogP contribution is -2.32. The summed E-state index contributed by atoms with van der Waals surface area (Å²) >= 11 is 0. The van der Waals surface area contributed by atoms with E-state index in [1.165, 1.54) is 0 Å². The Bertz CT molecular complexity index is 507. The number of aliphatic carboxylic acids is 1. The van der Waals surface area contributed by atoms with Crippen LogP contribution in [0.2, 0.25) is 0 Å². The molecule has 0 radical (unpaired) electrons. The van der Waals surface area contributed by atoms with Crippen molar-refractivity contribution in [2.75, 3.05) is 0 Å². The molecule has 0 fully saturated rings. The van der Waals surface area contributed by atoms with Crippen molar-refractivity contribution in [3.8, 4) is 0 Å². The first-order chi connectivity index (χ1) is 9.36. The maximum Gasteiger partial charge on any atom is 0.320 e. The van der Waals surface area contributed by atoms with Gasteiger partial charge >= 0.3 is 5.97 Å². The van der Waals surface area contributed by atoms with E-state index in [9.17, 15) is 14.4 Å². The van der Waals surface area contributed by atoms with Crippen molar-refractivity contribution >= 4 is 17.5 Å². The van der Waals surface area contributed by atoms with Gasteiger partial charge in [-0.3, -0.25) is 14.4 Å². The maximum atomic E-state index is 12.0. The third kappa shape index (κ3) is 3.99. The molecule has 1 aromatic carbocycles. The molecule has 20 heavy (non-hydrogen) atoms. The minimum absolute atomic E-state index is 0.0908. The molecule has 0 aliphatic carbocycles. The van der Waals surface area contributed by atoms with E-state index in [2.05, 4.69) is 0 Å². The van der Waals surface area contributed by atoms with Crippen LogP contribution in [0.4, 0.5) is 0 Å². The summed E-state index contributed by atoms with van der Waals surface area (Å²) in [6.07, 6.45) is 0.533. The van der Waals surface area contributed by atoms with Gasteiger partial charge in [0, 0.05) is 12.0 Å². The summed E-state index contributed by atoms with van der Waals surface area (Å²) in [6.45, 7) is 3.32. The fraction of sp³-hybridized carbons (Fsp3) is 0.400. The number of ketones is 2. The summed E-state index contributed by atoms with van der Waals surface area (Å²) in [7, 11) is 0. The van der Waals surface area contributed by atoms with Crippen LogP contribution in [-0.2, 0) is 16.0 Å². The van der Waals surface area contributed by atoms with Gasteiger partial charge in [-0.05, 0) is 18.9 Å². The fourth-order valence-electron chi connectivity index (χ4n) is 1.85. The minimum Gasteiger partial charge on any atom is -0.480 e. The Balaban J connectivity index is 2.78. The van der Waals surface area contributed by atoms with Crippen LogP contribution >= 0.6 is 0 Å². The smallest absolute Gasteiger partial charge is 0.320 e. The zero-order valence-corrected chi connectivity index (χ0v) is 11.6.